The Morgan fingerprint density at radius 2 is 1.71 bits per heavy atom. The number of anilines is 1. The van der Waals surface area contributed by atoms with Gasteiger partial charge in [-0.1, -0.05) is 41.9 Å². The van der Waals surface area contributed by atoms with E-state index in [0.717, 1.165) is 17.3 Å². The summed E-state index contributed by atoms with van der Waals surface area (Å²) in [4.78, 5) is 5.95. The normalized spacial score (nSPS) is 13.6. The van der Waals surface area contributed by atoms with E-state index < -0.39 is 0 Å². The minimum absolute atomic E-state index is 0.228. The maximum atomic E-state index is 6.65. The van der Waals surface area contributed by atoms with Crippen LogP contribution in [-0.2, 0) is 0 Å². The first-order chi connectivity index (χ1) is 11.3. The molecule has 0 saturated heterocycles. The third kappa shape index (κ3) is 6.39. The quantitative estimate of drug-likeness (QED) is 0.282. The van der Waals surface area contributed by atoms with Crippen LogP contribution < -0.4 is 5.32 Å². The number of amidine groups is 1. The van der Waals surface area contributed by atoms with Crippen molar-refractivity contribution in [2.75, 3.05) is 11.1 Å². The zero-order valence-electron chi connectivity index (χ0n) is 14.1. The number of thioether (sulfide) groups is 1. The van der Waals surface area contributed by atoms with Gasteiger partial charge in [-0.2, -0.15) is 0 Å². The van der Waals surface area contributed by atoms with E-state index in [-0.39, 0.29) is 10.9 Å². The van der Waals surface area contributed by atoms with Crippen molar-refractivity contribution in [1.29, 1.82) is 0 Å². The van der Waals surface area contributed by atoms with Crippen molar-refractivity contribution in [2.24, 2.45) is 4.99 Å². The van der Waals surface area contributed by atoms with Crippen molar-refractivity contribution in [3.8, 4) is 0 Å². The maximum Gasteiger partial charge on any atom is 0.120 e. The molecule has 0 fully saturated rings. The van der Waals surface area contributed by atoms with Crippen LogP contribution in [0.5, 0.6) is 0 Å². The molecular formula is C19H22Cl2N2S. The molecule has 0 aliphatic carbocycles. The van der Waals surface area contributed by atoms with Gasteiger partial charge in [0.2, 0.25) is 0 Å². The number of aliphatic imine (C=N–C) groups is 1. The van der Waals surface area contributed by atoms with Gasteiger partial charge < -0.3 is 5.32 Å². The van der Waals surface area contributed by atoms with Crippen molar-refractivity contribution < 1.29 is 0 Å². The molecule has 2 aromatic rings. The molecule has 0 saturated carbocycles. The summed E-state index contributed by atoms with van der Waals surface area (Å²) in [6, 6.07) is 17.8. The SMILES string of the molecule is CC(C)(C)N=C(Nc1ccccc1Cl)C(Cl)CSc1ccccc1. The standard InChI is InChI=1S/C19H22Cl2N2S/c1-19(2,3)23-18(22-17-12-8-7-11-15(17)20)16(21)13-24-14-9-5-4-6-10-14/h4-12,16H,13H2,1-3H3,(H,22,23). The predicted molar refractivity (Wildman–Crippen MR) is 109 cm³/mol. The summed E-state index contributed by atoms with van der Waals surface area (Å²) in [7, 11) is 0. The average molecular weight is 381 g/mol. The Balaban J connectivity index is 2.13. The average Bonchev–Trinajstić information content (AvgIpc) is 2.54. The molecule has 5 heteroatoms. The number of benzene rings is 2. The molecule has 0 aromatic heterocycles. The minimum Gasteiger partial charge on any atom is -0.342 e. The number of hydrogen-bond acceptors (Lipinski definition) is 2. The molecule has 0 heterocycles. The zero-order valence-corrected chi connectivity index (χ0v) is 16.4. The molecule has 1 N–H and O–H groups in total. The molecule has 24 heavy (non-hydrogen) atoms. The van der Waals surface area contributed by atoms with Crippen LogP contribution in [0.2, 0.25) is 5.02 Å². The summed E-state index contributed by atoms with van der Waals surface area (Å²) >= 11 is 14.6. The second-order valence-electron chi connectivity index (χ2n) is 6.36. The van der Waals surface area contributed by atoms with E-state index in [9.17, 15) is 0 Å². The lowest BCUT2D eigenvalue weighted by Gasteiger charge is -2.21. The van der Waals surface area contributed by atoms with Crippen LogP contribution in [0.4, 0.5) is 5.69 Å². The van der Waals surface area contributed by atoms with E-state index in [1.807, 2.05) is 42.5 Å². The van der Waals surface area contributed by atoms with Gasteiger partial charge in [0.25, 0.3) is 0 Å². The highest BCUT2D eigenvalue weighted by Gasteiger charge is 2.19. The fraction of sp³-hybridized carbons (Fsp3) is 0.316. The van der Waals surface area contributed by atoms with Crippen LogP contribution in [-0.4, -0.2) is 22.5 Å². The van der Waals surface area contributed by atoms with E-state index in [1.54, 1.807) is 11.8 Å². The first-order valence-corrected chi connectivity index (χ1v) is 9.58. The molecule has 1 atom stereocenters. The third-order valence-corrected chi connectivity index (χ3v) is 5.01. The van der Waals surface area contributed by atoms with Gasteiger partial charge in [-0.3, -0.25) is 4.99 Å². The van der Waals surface area contributed by atoms with Crippen LogP contribution in [0.1, 0.15) is 20.8 Å². The summed E-state index contributed by atoms with van der Waals surface area (Å²) < 4.78 is 0. The fourth-order valence-electron chi connectivity index (χ4n) is 2.00. The van der Waals surface area contributed by atoms with Gasteiger partial charge in [-0.05, 0) is 45.0 Å². The number of alkyl halides is 1. The molecule has 0 aliphatic heterocycles. The fourth-order valence-corrected chi connectivity index (χ4v) is 3.32. The van der Waals surface area contributed by atoms with Crippen molar-refractivity contribution in [3.05, 3.63) is 59.6 Å². The molecule has 128 valence electrons. The molecule has 2 rings (SSSR count). The Morgan fingerprint density at radius 3 is 2.33 bits per heavy atom. The lowest BCUT2D eigenvalue weighted by molar-refractivity contribution is 0.582. The maximum absolute atomic E-state index is 6.65. The Morgan fingerprint density at radius 1 is 1.08 bits per heavy atom. The number of hydrogen-bond donors (Lipinski definition) is 1. The highest BCUT2D eigenvalue weighted by Crippen LogP contribution is 2.25. The number of rotatable bonds is 5. The molecular weight excluding hydrogens is 359 g/mol. The lowest BCUT2D eigenvalue weighted by atomic mass is 10.1. The Kier molecular flexibility index (Phi) is 7.02. The van der Waals surface area contributed by atoms with Crippen molar-refractivity contribution in [2.45, 2.75) is 36.6 Å². The summed E-state index contributed by atoms with van der Waals surface area (Å²) in [5, 5.41) is 3.72. The second-order valence-corrected chi connectivity index (χ2v) is 8.39. The first-order valence-electron chi connectivity index (χ1n) is 7.78. The van der Waals surface area contributed by atoms with Gasteiger partial charge in [-0.25, -0.2) is 0 Å². The molecule has 0 radical (unpaired) electrons. The Bertz CT molecular complexity index is 681. The number of nitrogens with zero attached hydrogens (tertiary/aromatic N) is 1. The molecule has 0 amide bonds. The van der Waals surface area contributed by atoms with Crippen molar-refractivity contribution in [1.82, 2.24) is 0 Å². The van der Waals surface area contributed by atoms with Crippen molar-refractivity contribution >= 4 is 46.5 Å². The monoisotopic (exact) mass is 380 g/mol. The van der Waals surface area contributed by atoms with E-state index in [2.05, 4.69) is 38.2 Å². The molecule has 2 nitrogen and oxygen atoms in total. The highest BCUT2D eigenvalue weighted by molar-refractivity contribution is 7.99. The largest absolute Gasteiger partial charge is 0.342 e. The van der Waals surface area contributed by atoms with Gasteiger partial charge in [-0.15, -0.1) is 23.4 Å². The number of nitrogens with one attached hydrogen (secondary N) is 1. The van der Waals surface area contributed by atoms with E-state index >= 15 is 0 Å². The summed E-state index contributed by atoms with van der Waals surface area (Å²) in [6.45, 7) is 6.15. The molecule has 0 spiro atoms. The van der Waals surface area contributed by atoms with Crippen molar-refractivity contribution in [3.63, 3.8) is 0 Å². The predicted octanol–water partition coefficient (Wildman–Crippen LogP) is 6.35. The summed E-state index contributed by atoms with van der Waals surface area (Å²) in [5.41, 5.74) is 0.589. The molecule has 0 bridgehead atoms. The third-order valence-electron chi connectivity index (χ3n) is 3.03. The van der Waals surface area contributed by atoms with Gasteiger partial charge >= 0.3 is 0 Å². The van der Waals surface area contributed by atoms with Gasteiger partial charge in [0.1, 0.15) is 11.2 Å². The van der Waals surface area contributed by atoms with Gasteiger partial charge in [0.05, 0.1) is 16.2 Å². The smallest absolute Gasteiger partial charge is 0.120 e. The topological polar surface area (TPSA) is 24.4 Å². The van der Waals surface area contributed by atoms with Crippen LogP contribution in [0.25, 0.3) is 0 Å². The highest BCUT2D eigenvalue weighted by atomic mass is 35.5. The van der Waals surface area contributed by atoms with E-state index in [1.165, 1.54) is 4.90 Å². The van der Waals surface area contributed by atoms with Crippen LogP contribution >= 0.6 is 35.0 Å². The molecule has 2 aromatic carbocycles. The van der Waals surface area contributed by atoms with Crippen LogP contribution in [0, 0.1) is 0 Å². The Hall–Kier alpha value is -1.16. The molecule has 0 aliphatic rings. The van der Waals surface area contributed by atoms with Crippen LogP contribution in [0.15, 0.2) is 64.5 Å². The van der Waals surface area contributed by atoms with Crippen LogP contribution in [0.3, 0.4) is 0 Å². The number of halogens is 2. The second kappa shape index (κ2) is 8.80. The Labute approximate surface area is 158 Å². The minimum atomic E-state index is -0.245. The zero-order chi connectivity index (χ0) is 17.6. The lowest BCUT2D eigenvalue weighted by Crippen LogP contribution is -2.29. The summed E-state index contributed by atoms with van der Waals surface area (Å²) in [6.07, 6.45) is 0. The van der Waals surface area contributed by atoms with E-state index in [0.29, 0.717) is 5.02 Å². The first kappa shape index (κ1) is 19.2. The number of para-hydroxylation sites is 1. The summed E-state index contributed by atoms with van der Waals surface area (Å²) in [5.74, 6) is 1.46. The van der Waals surface area contributed by atoms with Gasteiger partial charge in [0.15, 0.2) is 0 Å². The molecule has 1 unspecified atom stereocenters. The van der Waals surface area contributed by atoms with Gasteiger partial charge in [0, 0.05) is 10.6 Å². The van der Waals surface area contributed by atoms with E-state index in [4.69, 9.17) is 28.2 Å².